The number of hydrogen-bond donors (Lipinski definition) is 6. The van der Waals surface area contributed by atoms with Crippen LogP contribution in [0.3, 0.4) is 0 Å². The molecule has 66 heavy (non-hydrogen) atoms. The third-order valence-corrected chi connectivity index (χ3v) is 14.0. The van der Waals surface area contributed by atoms with Crippen molar-refractivity contribution < 1.29 is 57.6 Å². The number of fused-ring (bicyclic) bond motifs is 3. The lowest BCUT2D eigenvalue weighted by Crippen LogP contribution is -2.48. The molecule has 20 heteroatoms. The first kappa shape index (κ1) is 51.6. The first-order chi connectivity index (χ1) is 31.5. The van der Waals surface area contributed by atoms with Crippen LogP contribution >= 0.6 is 21.6 Å². The van der Waals surface area contributed by atoms with Gasteiger partial charge in [-0.05, 0) is 56.7 Å². The van der Waals surface area contributed by atoms with Gasteiger partial charge in [-0.1, -0.05) is 65.8 Å². The number of hydrogen-bond acceptors (Lipinski definition) is 15. The minimum Gasteiger partial charge on any atom is -0.448 e. The molecular weight excluding hydrogens is 893 g/mol. The van der Waals surface area contributed by atoms with Crippen LogP contribution in [0.4, 0.5) is 15.3 Å². The van der Waals surface area contributed by atoms with Crippen molar-refractivity contribution in [2.45, 2.75) is 90.4 Å². The molecule has 3 heterocycles. The monoisotopic (exact) mass is 952 g/mol. The lowest BCUT2D eigenvalue weighted by atomic mass is 9.85. The molecule has 1 aromatic rings. The Morgan fingerprint density at radius 1 is 1.05 bits per heavy atom. The minimum atomic E-state index is -1.02. The number of aliphatic hydroxyl groups excluding tert-OH is 1. The molecule has 0 unspecified atom stereocenters. The highest BCUT2D eigenvalue weighted by atomic mass is 33.1. The number of amides is 5. The number of carbonyl (C=O) groups is 7. The van der Waals surface area contributed by atoms with E-state index < -0.39 is 60.0 Å². The van der Waals surface area contributed by atoms with E-state index in [4.69, 9.17) is 24.7 Å². The van der Waals surface area contributed by atoms with Crippen molar-refractivity contribution >= 4 is 68.7 Å². The average Bonchev–Trinajstić information content (AvgIpc) is 3.62. The molecule has 358 valence electrons. The van der Waals surface area contributed by atoms with Crippen LogP contribution in [0, 0.1) is 11.8 Å². The normalized spacial score (nSPS) is 27.6. The summed E-state index contributed by atoms with van der Waals surface area (Å²) >= 11 is 0. The highest BCUT2D eigenvalue weighted by Gasteiger charge is 2.37. The first-order valence-electron chi connectivity index (χ1n) is 21.7. The second-order valence-electron chi connectivity index (χ2n) is 16.5. The molecule has 0 aromatic heterocycles. The number of nitrogens with two attached hydrogens (primary N) is 1. The number of rotatable bonds is 13. The van der Waals surface area contributed by atoms with E-state index in [1.54, 1.807) is 49.1 Å². The third-order valence-electron chi connectivity index (χ3n) is 11.7. The molecular formula is C46H60N6O12S2. The van der Waals surface area contributed by atoms with Gasteiger partial charge < -0.3 is 50.6 Å². The zero-order valence-electron chi connectivity index (χ0n) is 38.0. The van der Waals surface area contributed by atoms with Crippen molar-refractivity contribution in [1.29, 1.82) is 0 Å². The number of ketones is 2. The number of nitrogens with zero attached hydrogens (tertiary/aromatic N) is 1. The van der Waals surface area contributed by atoms with Gasteiger partial charge in [-0.2, -0.15) is 0 Å². The summed E-state index contributed by atoms with van der Waals surface area (Å²) in [4.78, 5) is 92.1. The fraction of sp³-hybridized carbons (Fsp3) is 0.500. The van der Waals surface area contributed by atoms with Crippen LogP contribution in [0.1, 0.15) is 69.3 Å². The van der Waals surface area contributed by atoms with Gasteiger partial charge in [0.05, 0.1) is 29.6 Å². The van der Waals surface area contributed by atoms with Gasteiger partial charge in [0.2, 0.25) is 17.5 Å². The zero-order valence-corrected chi connectivity index (χ0v) is 39.6. The van der Waals surface area contributed by atoms with E-state index in [1.165, 1.54) is 54.9 Å². The predicted octanol–water partition coefficient (Wildman–Crippen LogP) is 4.22. The van der Waals surface area contributed by atoms with E-state index in [0.29, 0.717) is 72.8 Å². The summed E-state index contributed by atoms with van der Waals surface area (Å²) in [6.07, 6.45) is 3.63. The smallest absolute Gasteiger partial charge is 0.411 e. The molecule has 0 spiro atoms. The zero-order chi connectivity index (χ0) is 48.1. The Kier molecular flexibility index (Phi) is 19.1. The van der Waals surface area contributed by atoms with Gasteiger partial charge in [0.15, 0.2) is 6.10 Å². The Hall–Kier alpha value is -5.41. The number of anilines is 1. The summed E-state index contributed by atoms with van der Waals surface area (Å²) in [5.74, 6) is -1.61. The van der Waals surface area contributed by atoms with Crippen molar-refractivity contribution in [1.82, 2.24) is 20.9 Å². The lowest BCUT2D eigenvalue weighted by molar-refractivity contribution is -0.123. The van der Waals surface area contributed by atoms with Gasteiger partial charge in [-0.15, -0.1) is 0 Å². The van der Waals surface area contributed by atoms with Crippen LogP contribution in [-0.2, 0) is 44.7 Å². The number of allylic oxidation sites excluding steroid dienone is 4. The number of piperidine rings is 1. The molecule has 7 N–H and O–H groups in total. The summed E-state index contributed by atoms with van der Waals surface area (Å²) in [6.45, 7) is 8.04. The number of benzene rings is 1. The van der Waals surface area contributed by atoms with Crippen molar-refractivity contribution in [3.63, 3.8) is 0 Å². The second-order valence-corrected chi connectivity index (χ2v) is 19.2. The molecule has 0 radical (unpaired) electrons. The quantitative estimate of drug-likeness (QED) is 0.0701. The maximum atomic E-state index is 14.1. The highest BCUT2D eigenvalue weighted by molar-refractivity contribution is 8.76. The molecule has 3 aliphatic heterocycles. The number of carbonyl (C=O) groups excluding carboxylic acids is 7. The average molecular weight is 953 g/mol. The van der Waals surface area contributed by atoms with Crippen LogP contribution in [-0.4, -0.2) is 127 Å². The third kappa shape index (κ3) is 13.6. The summed E-state index contributed by atoms with van der Waals surface area (Å²) in [6, 6.07) is 5.02. The fourth-order valence-corrected chi connectivity index (χ4v) is 9.91. The van der Waals surface area contributed by atoms with Gasteiger partial charge >= 0.3 is 12.2 Å². The number of aliphatic hydroxyl groups is 1. The Balaban J connectivity index is 1.18. The molecule has 0 saturated carbocycles. The van der Waals surface area contributed by atoms with Crippen molar-refractivity contribution in [2.75, 3.05) is 50.7 Å². The molecule has 5 amide bonds. The molecule has 7 atom stereocenters. The topological polar surface area (TPSA) is 254 Å². The van der Waals surface area contributed by atoms with E-state index in [2.05, 4.69) is 21.3 Å². The molecule has 2 bridgehead atoms. The largest absolute Gasteiger partial charge is 0.448 e. The van der Waals surface area contributed by atoms with E-state index in [0.717, 1.165) is 6.08 Å². The molecule has 1 fully saturated rings. The van der Waals surface area contributed by atoms with Gasteiger partial charge in [0.1, 0.15) is 12.7 Å². The van der Waals surface area contributed by atoms with E-state index >= 15 is 0 Å². The van der Waals surface area contributed by atoms with Crippen LogP contribution in [0.25, 0.3) is 0 Å². The number of ether oxygens (including phenoxy) is 4. The standard InChI is InChI=1S/C46H60N6O12S2/c1-25-19-31-39(48-15-17-65-66-18-16-63-46(60)51-33-11-8-10-30-32(33)24-52(44(30)58)29-13-14-38(54)49-23-29)35(53)22-34(41(31)56)50-43(57)26(2)9-7-12-36(61-5)42(64-45(47)59)28(4)21-27(3)40(55)37(20-25)62-6/h7-12,21-22,25,27,29,36-37,40,42,48,55H,13-20,23-24H2,1-6H3,(H2,47,59)(H,49,54)(H,50,57)(H,51,60)/b12-7-,26-9+,28-21+/t25-,27+,29-,36+,37+,40+,42+/m1/s1. The Labute approximate surface area is 392 Å². The van der Waals surface area contributed by atoms with E-state index in [1.807, 2.05) is 6.92 Å². The van der Waals surface area contributed by atoms with Crippen LogP contribution in [0.2, 0.25) is 0 Å². The van der Waals surface area contributed by atoms with E-state index in [9.17, 15) is 38.7 Å². The minimum absolute atomic E-state index is 0.0325. The van der Waals surface area contributed by atoms with Crippen molar-refractivity contribution in [2.24, 2.45) is 17.6 Å². The van der Waals surface area contributed by atoms with Gasteiger partial charge in [-0.3, -0.25) is 29.3 Å². The van der Waals surface area contributed by atoms with Gasteiger partial charge in [0.25, 0.3) is 11.8 Å². The lowest BCUT2D eigenvalue weighted by Gasteiger charge is -2.31. The summed E-state index contributed by atoms with van der Waals surface area (Å²) in [5, 5.41) is 22.8. The molecule has 18 nitrogen and oxygen atoms in total. The number of Topliss-reactive ketones (excluding diaryl/α,β-unsaturated/α-hetero) is 1. The summed E-state index contributed by atoms with van der Waals surface area (Å²) in [7, 11) is 5.83. The summed E-state index contributed by atoms with van der Waals surface area (Å²) < 4.78 is 22.2. The number of primary amides is 1. The Morgan fingerprint density at radius 2 is 1.80 bits per heavy atom. The van der Waals surface area contributed by atoms with Gasteiger partial charge in [0, 0.05) is 91.7 Å². The molecule has 1 saturated heterocycles. The molecule has 5 rings (SSSR count). The van der Waals surface area contributed by atoms with Gasteiger partial charge in [-0.25, -0.2) is 9.59 Å². The predicted molar refractivity (Wildman–Crippen MR) is 250 cm³/mol. The van der Waals surface area contributed by atoms with E-state index in [-0.39, 0.29) is 59.3 Å². The van der Waals surface area contributed by atoms with Crippen LogP contribution in [0.15, 0.2) is 76.7 Å². The van der Waals surface area contributed by atoms with Crippen molar-refractivity contribution in [3.8, 4) is 0 Å². The summed E-state index contributed by atoms with van der Waals surface area (Å²) in [5.41, 5.74) is 7.99. The maximum Gasteiger partial charge on any atom is 0.411 e. The van der Waals surface area contributed by atoms with Crippen LogP contribution in [0.5, 0.6) is 0 Å². The molecule has 4 aliphatic rings. The second kappa shape index (κ2) is 24.4. The highest BCUT2D eigenvalue weighted by Crippen LogP contribution is 2.33. The Morgan fingerprint density at radius 3 is 2.50 bits per heavy atom. The molecule has 1 aliphatic carbocycles. The first-order valence-corrected chi connectivity index (χ1v) is 24.2. The van der Waals surface area contributed by atoms with Crippen LogP contribution < -0.4 is 27.0 Å². The SMILES string of the molecule is CO[C@H]1/C=C\C=C(/C)C(=O)NC2=CC(=O)C(NCCSSCCOC(=O)Nc3cccc4c3CN([C@@H]3CCC(=O)NC3)C4=O)=C(C[C@@H](C)C[C@H](OC)[C@@H](O)[C@@H](C)/C=C(\C)[C@@H]1OC(N)=O)C2=O. The molecule has 1 aromatic carbocycles. The van der Waals surface area contributed by atoms with Crippen molar-refractivity contribution in [3.05, 3.63) is 87.8 Å². The maximum absolute atomic E-state index is 14.1. The Bertz CT molecular complexity index is 2180. The number of nitrogens with one attached hydrogen (secondary N) is 4. The fourth-order valence-electron chi connectivity index (χ4n) is 8.18. The number of methoxy groups -OCH3 is 2.